The Balaban J connectivity index is 0.000000179. The van der Waals surface area contributed by atoms with E-state index in [0.29, 0.717) is 12.0 Å². The number of aliphatic hydroxyl groups excluding tert-OH is 2. The van der Waals surface area contributed by atoms with E-state index in [1.54, 1.807) is 17.1 Å². The molecule has 2 amide bonds. The van der Waals surface area contributed by atoms with Gasteiger partial charge in [-0.2, -0.15) is 0 Å². The van der Waals surface area contributed by atoms with Crippen molar-refractivity contribution in [3.05, 3.63) is 69.4 Å². The van der Waals surface area contributed by atoms with E-state index in [9.17, 15) is 19.8 Å². The highest BCUT2D eigenvalue weighted by molar-refractivity contribution is 5.96. The van der Waals surface area contributed by atoms with Crippen LogP contribution in [0.5, 0.6) is 0 Å². The van der Waals surface area contributed by atoms with Gasteiger partial charge in [-0.3, -0.25) is 14.5 Å². The third-order valence-electron chi connectivity index (χ3n) is 9.30. The zero-order valence-corrected chi connectivity index (χ0v) is 24.6. The molecule has 2 saturated heterocycles. The zero-order valence-electron chi connectivity index (χ0n) is 24.6. The number of nitrogens with zero attached hydrogens (tertiary/aromatic N) is 2. The van der Waals surface area contributed by atoms with Crippen molar-refractivity contribution in [3.63, 3.8) is 0 Å². The van der Waals surface area contributed by atoms with Gasteiger partial charge in [-0.1, -0.05) is 48.1 Å². The summed E-state index contributed by atoms with van der Waals surface area (Å²) in [4.78, 5) is 32.9. The maximum Gasteiger partial charge on any atom is 0.243 e. The van der Waals surface area contributed by atoms with Crippen LogP contribution in [0, 0.1) is 0 Å². The molecule has 1 aromatic rings. The summed E-state index contributed by atoms with van der Waals surface area (Å²) in [5.74, 6) is -0.299. The number of hydrogen-bond acceptors (Lipinski definition) is 6. The van der Waals surface area contributed by atoms with Crippen LogP contribution in [0.3, 0.4) is 0 Å². The third-order valence-corrected chi connectivity index (χ3v) is 9.30. The molecule has 9 heteroatoms. The highest BCUT2D eigenvalue weighted by Gasteiger charge is 2.46. The summed E-state index contributed by atoms with van der Waals surface area (Å²) >= 11 is 0. The third kappa shape index (κ3) is 5.58. The van der Waals surface area contributed by atoms with Crippen LogP contribution in [-0.4, -0.2) is 86.9 Å². The fraction of sp³-hybridized carbons (Fsp3) is 0.515. The largest absolute Gasteiger partial charge is 0.386 e. The van der Waals surface area contributed by atoms with Crippen molar-refractivity contribution in [2.45, 2.75) is 82.2 Å². The number of amides is 2. The number of fused-ring (bicyclic) bond motifs is 4. The number of aromatic nitrogens is 1. The number of aliphatic hydroxyl groups is 2. The lowest BCUT2D eigenvalue weighted by molar-refractivity contribution is -0.148. The van der Waals surface area contributed by atoms with Crippen molar-refractivity contribution in [2.75, 3.05) is 26.3 Å². The quantitative estimate of drug-likeness (QED) is 0.364. The Hall–Kier alpha value is -3.24. The van der Waals surface area contributed by atoms with Crippen molar-refractivity contribution in [3.8, 4) is 0 Å². The smallest absolute Gasteiger partial charge is 0.243 e. The van der Waals surface area contributed by atoms with Gasteiger partial charge in [-0.15, -0.1) is 0 Å². The lowest BCUT2D eigenvalue weighted by Crippen LogP contribution is -2.62. The van der Waals surface area contributed by atoms with Gasteiger partial charge in [0.15, 0.2) is 0 Å². The number of nitrogens with one attached hydrogen (secondary N) is 3. The van der Waals surface area contributed by atoms with Crippen molar-refractivity contribution in [2.24, 2.45) is 0 Å². The van der Waals surface area contributed by atoms with Gasteiger partial charge < -0.3 is 30.7 Å². The lowest BCUT2D eigenvalue weighted by atomic mass is 9.84. The first-order valence-electron chi connectivity index (χ1n) is 15.3. The second-order valence-corrected chi connectivity index (χ2v) is 12.6. The van der Waals surface area contributed by atoms with Crippen molar-refractivity contribution >= 4 is 24.0 Å². The van der Waals surface area contributed by atoms with E-state index in [-0.39, 0.29) is 23.9 Å². The molecular weight excluding hydrogens is 530 g/mol. The van der Waals surface area contributed by atoms with E-state index in [4.69, 9.17) is 0 Å². The van der Waals surface area contributed by atoms with Crippen LogP contribution in [0.1, 0.15) is 63.3 Å². The summed E-state index contributed by atoms with van der Waals surface area (Å²) < 4.78 is 0. The van der Waals surface area contributed by atoms with Gasteiger partial charge in [0, 0.05) is 42.8 Å². The van der Waals surface area contributed by atoms with Crippen LogP contribution in [-0.2, 0) is 16.0 Å². The van der Waals surface area contributed by atoms with Crippen molar-refractivity contribution in [1.82, 2.24) is 25.4 Å². The Kier molecular flexibility index (Phi) is 8.11. The average Bonchev–Trinajstić information content (AvgIpc) is 3.66. The molecule has 6 aliphatic rings. The SMILES string of the molecule is CC(C)(CC1=CCCC=C1)N1CCNC1.O=C1NCC(=O)N2C1Cc1c([nH]c3c1=CCCC=3)C2C1=CC(O)C(O)C=C1. The summed E-state index contributed by atoms with van der Waals surface area (Å²) in [6, 6.07) is -1.06. The minimum atomic E-state index is -1.04. The number of piperazine rings is 1. The minimum Gasteiger partial charge on any atom is -0.386 e. The molecule has 9 nitrogen and oxygen atoms in total. The Labute approximate surface area is 247 Å². The van der Waals surface area contributed by atoms with E-state index >= 15 is 0 Å². The van der Waals surface area contributed by atoms with E-state index in [0.717, 1.165) is 47.9 Å². The standard InChI is InChI=1S/C20H21N3O4.C13H22N2/c24-15-6-5-10(7-16(15)25)19-18-12(11-3-1-2-4-13(11)22-18)8-14-20(27)21-9-17(26)23(14)19;1-13(2,15-9-8-14-11-15)10-12-6-4-3-5-7-12/h3-7,14-16,19,22,24-25H,1-2,8-9H2,(H,21,27);4,6-7,14H,3,5,8-11H2,1-2H3. The van der Waals surface area contributed by atoms with Crippen LogP contribution < -0.4 is 21.2 Å². The highest BCUT2D eigenvalue weighted by atomic mass is 16.3. The van der Waals surface area contributed by atoms with E-state index in [1.807, 2.05) is 0 Å². The van der Waals surface area contributed by atoms with E-state index in [2.05, 4.69) is 64.7 Å². The molecule has 0 saturated carbocycles. The Morgan fingerprint density at radius 1 is 1.02 bits per heavy atom. The van der Waals surface area contributed by atoms with E-state index < -0.39 is 24.3 Å². The topological polar surface area (TPSA) is 121 Å². The number of carbonyl (C=O) groups is 2. The fourth-order valence-electron chi connectivity index (χ4n) is 7.04. The highest BCUT2D eigenvalue weighted by Crippen LogP contribution is 2.38. The summed E-state index contributed by atoms with van der Waals surface area (Å²) in [6.07, 6.45) is 20.2. The number of allylic oxidation sites excluding steroid dienone is 3. The molecule has 3 aliphatic heterocycles. The van der Waals surface area contributed by atoms with Gasteiger partial charge in [-0.05, 0) is 68.4 Å². The number of carbonyl (C=O) groups excluding carboxylic acids is 2. The van der Waals surface area contributed by atoms with E-state index in [1.165, 1.54) is 37.5 Å². The molecule has 5 N–H and O–H groups in total. The van der Waals surface area contributed by atoms with Crippen molar-refractivity contribution < 1.29 is 19.8 Å². The first-order valence-corrected chi connectivity index (χ1v) is 15.3. The second-order valence-electron chi connectivity index (χ2n) is 12.6. The van der Waals surface area contributed by atoms with Crippen LogP contribution >= 0.6 is 0 Å². The van der Waals surface area contributed by atoms with Gasteiger partial charge >= 0.3 is 0 Å². The molecular formula is C33H43N5O4. The predicted octanol–water partition coefficient (Wildman–Crippen LogP) is 0.806. The molecule has 0 aromatic carbocycles. The monoisotopic (exact) mass is 573 g/mol. The molecule has 7 rings (SSSR count). The maximum atomic E-state index is 12.7. The van der Waals surface area contributed by atoms with Gasteiger partial charge in [-0.25, -0.2) is 0 Å². The molecule has 3 aliphatic carbocycles. The summed E-state index contributed by atoms with van der Waals surface area (Å²) in [5.41, 5.74) is 4.47. The average molecular weight is 574 g/mol. The molecule has 4 atom stereocenters. The van der Waals surface area contributed by atoms with Crippen LogP contribution in [0.25, 0.3) is 12.2 Å². The van der Waals surface area contributed by atoms with Gasteiger partial charge in [0.25, 0.3) is 0 Å². The van der Waals surface area contributed by atoms with Gasteiger partial charge in [0.1, 0.15) is 18.2 Å². The Morgan fingerprint density at radius 3 is 2.57 bits per heavy atom. The minimum absolute atomic E-state index is 0.0258. The van der Waals surface area contributed by atoms with Crippen molar-refractivity contribution in [1.29, 1.82) is 0 Å². The lowest BCUT2D eigenvalue weighted by Gasteiger charge is -2.44. The number of hydrogen-bond donors (Lipinski definition) is 5. The normalized spacial score (nSPS) is 28.7. The summed E-state index contributed by atoms with van der Waals surface area (Å²) in [5, 5.41) is 28.2. The van der Waals surface area contributed by atoms with Gasteiger partial charge in [0.05, 0.1) is 12.6 Å². The molecule has 4 unspecified atom stereocenters. The molecule has 1 aromatic heterocycles. The first-order chi connectivity index (χ1) is 20.2. The summed E-state index contributed by atoms with van der Waals surface area (Å²) in [7, 11) is 0. The molecule has 0 spiro atoms. The number of aromatic amines is 1. The van der Waals surface area contributed by atoms with Crippen LogP contribution in [0.15, 0.2) is 47.6 Å². The summed E-state index contributed by atoms with van der Waals surface area (Å²) in [6.45, 7) is 8.04. The molecule has 224 valence electrons. The Bertz CT molecular complexity index is 1480. The zero-order chi connectivity index (χ0) is 29.4. The van der Waals surface area contributed by atoms with Crippen LogP contribution in [0.4, 0.5) is 0 Å². The predicted molar refractivity (Wildman–Crippen MR) is 162 cm³/mol. The fourth-order valence-corrected chi connectivity index (χ4v) is 7.04. The number of H-pyrrole nitrogens is 1. The second kappa shape index (κ2) is 11.8. The molecule has 42 heavy (non-hydrogen) atoms. The molecule has 0 bridgehead atoms. The van der Waals surface area contributed by atoms with Crippen LogP contribution in [0.2, 0.25) is 0 Å². The van der Waals surface area contributed by atoms with Gasteiger partial charge in [0.2, 0.25) is 11.8 Å². The molecule has 4 heterocycles. The first kappa shape index (κ1) is 28.9. The molecule has 2 fully saturated rings. The molecule has 0 radical (unpaired) electrons. The Morgan fingerprint density at radius 2 is 1.83 bits per heavy atom. The maximum absolute atomic E-state index is 12.7. The number of rotatable bonds is 4.